The second kappa shape index (κ2) is 3.87. The highest BCUT2D eigenvalue weighted by Crippen LogP contribution is 2.28. The lowest BCUT2D eigenvalue weighted by Gasteiger charge is -2.07. The van der Waals surface area contributed by atoms with Crippen molar-refractivity contribution in [3.8, 4) is 5.82 Å². The van der Waals surface area contributed by atoms with Crippen LogP contribution in [-0.4, -0.2) is 19.7 Å². The van der Waals surface area contributed by atoms with Crippen LogP contribution < -0.4 is 0 Å². The van der Waals surface area contributed by atoms with Gasteiger partial charge in [0, 0.05) is 18.0 Å². The normalized spacial score (nSPS) is 14.8. The lowest BCUT2D eigenvalue weighted by molar-refractivity contribution is 0.670. The van der Waals surface area contributed by atoms with Crippen molar-refractivity contribution in [2.45, 2.75) is 25.7 Å². The molecule has 0 saturated heterocycles. The molecule has 16 heavy (non-hydrogen) atoms. The Labute approximate surface area is 98.3 Å². The molecule has 0 atom stereocenters. The number of halogens is 1. The Morgan fingerprint density at radius 2 is 2.06 bits per heavy atom. The van der Waals surface area contributed by atoms with E-state index in [2.05, 4.69) is 15.1 Å². The summed E-state index contributed by atoms with van der Waals surface area (Å²) in [5.74, 6) is 0.682. The van der Waals surface area contributed by atoms with E-state index in [1.165, 1.54) is 18.4 Å². The minimum absolute atomic E-state index is 0.682. The van der Waals surface area contributed by atoms with Crippen LogP contribution in [0.3, 0.4) is 0 Å². The third kappa shape index (κ3) is 1.50. The van der Waals surface area contributed by atoms with E-state index in [4.69, 9.17) is 11.6 Å². The first kappa shape index (κ1) is 9.78. The maximum absolute atomic E-state index is 6.31. The van der Waals surface area contributed by atoms with Crippen LogP contribution in [0.4, 0.5) is 0 Å². The van der Waals surface area contributed by atoms with Gasteiger partial charge in [-0.2, -0.15) is 5.10 Å². The number of hydrogen-bond donors (Lipinski definition) is 0. The molecule has 5 heteroatoms. The summed E-state index contributed by atoms with van der Waals surface area (Å²) in [5, 5.41) is 5.19. The monoisotopic (exact) mass is 234 g/mol. The van der Waals surface area contributed by atoms with Gasteiger partial charge in [-0.25, -0.2) is 9.67 Å². The highest BCUT2D eigenvalue weighted by Gasteiger charge is 2.20. The largest absolute Gasteiger partial charge is 0.259 e. The molecule has 0 aromatic carbocycles. The van der Waals surface area contributed by atoms with Crippen LogP contribution in [0.1, 0.15) is 24.1 Å². The molecule has 0 saturated carbocycles. The molecule has 0 aliphatic heterocycles. The van der Waals surface area contributed by atoms with E-state index in [0.717, 1.165) is 18.5 Å². The van der Waals surface area contributed by atoms with E-state index < -0.39 is 0 Å². The summed E-state index contributed by atoms with van der Waals surface area (Å²) < 4.78 is 1.69. The highest BCUT2D eigenvalue weighted by molar-refractivity contribution is 6.30. The van der Waals surface area contributed by atoms with Crippen molar-refractivity contribution in [2.75, 3.05) is 0 Å². The predicted molar refractivity (Wildman–Crippen MR) is 60.8 cm³/mol. The first-order valence-corrected chi connectivity index (χ1v) is 5.77. The molecule has 2 heterocycles. The van der Waals surface area contributed by atoms with Crippen molar-refractivity contribution in [3.63, 3.8) is 0 Å². The van der Waals surface area contributed by atoms with Gasteiger partial charge in [0.2, 0.25) is 0 Å². The molecule has 4 nitrogen and oxygen atoms in total. The number of fused-ring (bicyclic) bond motifs is 1. The molecule has 0 amide bonds. The predicted octanol–water partition coefficient (Wildman–Crippen LogP) is 2.19. The lowest BCUT2D eigenvalue weighted by Crippen LogP contribution is -2.01. The van der Waals surface area contributed by atoms with Gasteiger partial charge in [0.05, 0.1) is 11.9 Å². The van der Waals surface area contributed by atoms with E-state index in [1.54, 1.807) is 23.3 Å². The van der Waals surface area contributed by atoms with Crippen LogP contribution in [0.5, 0.6) is 0 Å². The lowest BCUT2D eigenvalue weighted by atomic mass is 9.99. The summed E-state index contributed by atoms with van der Waals surface area (Å²) in [5.41, 5.74) is 2.29. The molecule has 3 rings (SSSR count). The topological polar surface area (TPSA) is 43.6 Å². The number of hydrogen-bond acceptors (Lipinski definition) is 3. The first-order chi connectivity index (χ1) is 7.86. The maximum atomic E-state index is 6.31. The van der Waals surface area contributed by atoms with Crippen LogP contribution in [0.2, 0.25) is 5.15 Å². The zero-order valence-electron chi connectivity index (χ0n) is 8.73. The molecule has 0 unspecified atom stereocenters. The Bertz CT molecular complexity index is 506. The zero-order chi connectivity index (χ0) is 11.0. The van der Waals surface area contributed by atoms with Crippen molar-refractivity contribution in [3.05, 3.63) is 35.0 Å². The Morgan fingerprint density at radius 1 is 1.19 bits per heavy atom. The second-order valence-corrected chi connectivity index (χ2v) is 4.26. The summed E-state index contributed by atoms with van der Waals surface area (Å²) in [4.78, 5) is 8.23. The molecule has 2 aromatic rings. The van der Waals surface area contributed by atoms with Crippen LogP contribution in [0, 0.1) is 0 Å². The van der Waals surface area contributed by atoms with Crippen LogP contribution in [0.15, 0.2) is 18.6 Å². The SMILES string of the molecule is Clc1c2c(nn1-c1cnccn1)CCCC2. The summed E-state index contributed by atoms with van der Waals surface area (Å²) in [6, 6.07) is 0. The summed E-state index contributed by atoms with van der Waals surface area (Å²) in [7, 11) is 0. The van der Waals surface area contributed by atoms with Crippen LogP contribution in [-0.2, 0) is 12.8 Å². The molecule has 0 fully saturated rings. The van der Waals surface area contributed by atoms with E-state index in [9.17, 15) is 0 Å². The molecular weight excluding hydrogens is 224 g/mol. The number of rotatable bonds is 1. The molecule has 1 aliphatic rings. The fourth-order valence-corrected chi connectivity index (χ4v) is 2.39. The van der Waals surface area contributed by atoms with Gasteiger partial charge in [-0.3, -0.25) is 4.98 Å². The maximum Gasteiger partial charge on any atom is 0.173 e. The Kier molecular flexibility index (Phi) is 2.36. The molecule has 82 valence electrons. The van der Waals surface area contributed by atoms with Crippen molar-refractivity contribution in [2.24, 2.45) is 0 Å². The van der Waals surface area contributed by atoms with Crippen molar-refractivity contribution in [1.82, 2.24) is 19.7 Å². The zero-order valence-corrected chi connectivity index (χ0v) is 9.48. The van der Waals surface area contributed by atoms with Crippen LogP contribution >= 0.6 is 11.6 Å². The number of nitrogens with zero attached hydrogens (tertiary/aromatic N) is 4. The van der Waals surface area contributed by atoms with Gasteiger partial charge in [-0.1, -0.05) is 11.6 Å². The Hall–Kier alpha value is -1.42. The first-order valence-electron chi connectivity index (χ1n) is 5.39. The average Bonchev–Trinajstić information content (AvgIpc) is 2.69. The number of aromatic nitrogens is 4. The van der Waals surface area contributed by atoms with Crippen molar-refractivity contribution < 1.29 is 0 Å². The quantitative estimate of drug-likeness (QED) is 0.760. The minimum atomic E-state index is 0.682. The van der Waals surface area contributed by atoms with Gasteiger partial charge >= 0.3 is 0 Å². The average molecular weight is 235 g/mol. The fourth-order valence-electron chi connectivity index (χ4n) is 2.07. The third-order valence-electron chi connectivity index (χ3n) is 2.86. The molecule has 0 bridgehead atoms. The molecular formula is C11H11ClN4. The van der Waals surface area contributed by atoms with E-state index in [1.807, 2.05) is 0 Å². The van der Waals surface area contributed by atoms with Crippen LogP contribution in [0.25, 0.3) is 5.82 Å². The van der Waals surface area contributed by atoms with Crippen molar-refractivity contribution in [1.29, 1.82) is 0 Å². The van der Waals surface area contributed by atoms with Gasteiger partial charge < -0.3 is 0 Å². The second-order valence-electron chi connectivity index (χ2n) is 3.90. The standard InChI is InChI=1S/C11H11ClN4/c12-11-8-3-1-2-4-9(8)15-16(11)10-7-13-5-6-14-10/h5-7H,1-4H2. The molecule has 0 radical (unpaired) electrons. The molecule has 0 N–H and O–H groups in total. The van der Waals surface area contributed by atoms with E-state index >= 15 is 0 Å². The highest BCUT2D eigenvalue weighted by atomic mass is 35.5. The van der Waals surface area contributed by atoms with Gasteiger partial charge in [0.15, 0.2) is 5.82 Å². The third-order valence-corrected chi connectivity index (χ3v) is 3.25. The molecule has 0 spiro atoms. The van der Waals surface area contributed by atoms with Gasteiger partial charge in [0.25, 0.3) is 0 Å². The fraction of sp³-hybridized carbons (Fsp3) is 0.364. The van der Waals surface area contributed by atoms with Gasteiger partial charge in [0.1, 0.15) is 5.15 Å². The number of aryl methyl sites for hydroxylation is 1. The molecule has 2 aromatic heterocycles. The summed E-state index contributed by atoms with van der Waals surface area (Å²) in [6.07, 6.45) is 9.38. The summed E-state index contributed by atoms with van der Waals surface area (Å²) >= 11 is 6.31. The van der Waals surface area contributed by atoms with E-state index in [0.29, 0.717) is 11.0 Å². The van der Waals surface area contributed by atoms with E-state index in [-0.39, 0.29) is 0 Å². The smallest absolute Gasteiger partial charge is 0.173 e. The Balaban J connectivity index is 2.12. The van der Waals surface area contributed by atoms with Crippen molar-refractivity contribution >= 4 is 11.6 Å². The summed E-state index contributed by atoms with van der Waals surface area (Å²) in [6.45, 7) is 0. The Morgan fingerprint density at radius 3 is 2.81 bits per heavy atom. The molecule has 1 aliphatic carbocycles. The van der Waals surface area contributed by atoms with Gasteiger partial charge in [-0.05, 0) is 25.7 Å². The van der Waals surface area contributed by atoms with Gasteiger partial charge in [-0.15, -0.1) is 0 Å². The minimum Gasteiger partial charge on any atom is -0.259 e.